The number of fused-ring (bicyclic) bond motifs is 1. The van der Waals surface area contributed by atoms with E-state index < -0.39 is 12.3 Å². The molecule has 0 bridgehead atoms. The molecule has 0 saturated carbocycles. The number of benzene rings is 2. The van der Waals surface area contributed by atoms with E-state index >= 15 is 0 Å². The van der Waals surface area contributed by atoms with E-state index in [4.69, 9.17) is 0 Å². The molecule has 2 aromatic heterocycles. The van der Waals surface area contributed by atoms with Crippen molar-refractivity contribution in [2.24, 2.45) is 0 Å². The van der Waals surface area contributed by atoms with Crippen LogP contribution in [0.5, 0.6) is 0 Å². The number of piperidine rings is 1. The monoisotopic (exact) mass is 484 g/mol. The molecule has 3 heterocycles. The molecule has 35 heavy (non-hydrogen) atoms. The molecule has 0 aliphatic carbocycles. The number of H-pyrrole nitrogens is 1. The van der Waals surface area contributed by atoms with Crippen LogP contribution in [0.1, 0.15) is 37.7 Å². The van der Waals surface area contributed by atoms with Gasteiger partial charge in [0.2, 0.25) is 0 Å². The van der Waals surface area contributed by atoms with Gasteiger partial charge < -0.3 is 5.11 Å². The van der Waals surface area contributed by atoms with Gasteiger partial charge in [-0.15, -0.1) is 5.10 Å². The summed E-state index contributed by atoms with van der Waals surface area (Å²) in [5.74, 6) is 0.259. The number of nitrogens with one attached hydrogen (secondary N) is 1. The first-order valence-electron chi connectivity index (χ1n) is 11.8. The van der Waals surface area contributed by atoms with E-state index in [2.05, 4.69) is 32.6 Å². The summed E-state index contributed by atoms with van der Waals surface area (Å²) < 4.78 is 40.1. The van der Waals surface area contributed by atoms with Gasteiger partial charge >= 0.3 is 6.18 Å². The molecule has 1 aliphatic heterocycles. The minimum Gasteiger partial charge on any atom is -0.382 e. The van der Waals surface area contributed by atoms with Crippen molar-refractivity contribution in [3.8, 4) is 17.1 Å². The lowest BCUT2D eigenvalue weighted by Gasteiger charge is -2.40. The summed E-state index contributed by atoms with van der Waals surface area (Å²) in [5.41, 5.74) is 4.37. The molecule has 0 amide bonds. The van der Waals surface area contributed by atoms with Crippen LogP contribution in [0.2, 0.25) is 0 Å². The van der Waals surface area contributed by atoms with E-state index in [1.807, 2.05) is 49.5 Å². The lowest BCUT2D eigenvalue weighted by Crippen LogP contribution is -2.48. The van der Waals surface area contributed by atoms with E-state index in [-0.39, 0.29) is 18.5 Å². The number of β-amino-alcohol motifs (C(OH)–C–C–N with tert-alkyl or cyclic N) is 1. The fraction of sp³-hybridized carbons (Fsp3) is 0.400. The number of alkyl halides is 3. The number of nitrogens with zero attached hydrogens (tertiary/aromatic N) is 5. The van der Waals surface area contributed by atoms with Gasteiger partial charge in [-0.25, -0.2) is 4.68 Å². The van der Waals surface area contributed by atoms with Crippen LogP contribution in [-0.2, 0) is 0 Å². The van der Waals surface area contributed by atoms with Crippen LogP contribution in [-0.4, -0.2) is 66.6 Å². The maximum atomic E-state index is 12.8. The van der Waals surface area contributed by atoms with E-state index in [1.54, 1.807) is 9.58 Å². The van der Waals surface area contributed by atoms with Gasteiger partial charge in [-0.05, 0) is 55.5 Å². The Hall–Kier alpha value is -3.24. The van der Waals surface area contributed by atoms with Crippen LogP contribution in [0.3, 0.4) is 0 Å². The molecular formula is C25H27F3N6O. The summed E-state index contributed by atoms with van der Waals surface area (Å²) in [6, 6.07) is 15.9. The van der Waals surface area contributed by atoms with Crippen LogP contribution in [0.25, 0.3) is 28.0 Å². The molecule has 1 aliphatic rings. The van der Waals surface area contributed by atoms with E-state index in [9.17, 15) is 18.3 Å². The summed E-state index contributed by atoms with van der Waals surface area (Å²) in [5, 5.41) is 26.4. The molecule has 1 fully saturated rings. The molecule has 3 atom stereocenters. The topological polar surface area (TPSA) is 82.9 Å². The lowest BCUT2D eigenvalue weighted by atomic mass is 9.84. The standard InChI is InChI=1S/C25H27F3N6O/c1-2-18-13-17(11-12-33(18)15-23(35)25(26,27)28)16-7-9-19(10-8-16)34-14-22(30-32-34)24-20-5-3-4-6-21(20)29-31-24/h3-10,14,17-18,23,35H,2,11-13,15H2,1H3,(H,29,31)/t17-,18-,23?/m0/s1. The normalized spacial score (nSPS) is 20.4. The molecule has 0 spiro atoms. The lowest BCUT2D eigenvalue weighted by molar-refractivity contribution is -0.210. The van der Waals surface area contributed by atoms with Crippen LogP contribution in [0.4, 0.5) is 13.2 Å². The van der Waals surface area contributed by atoms with Crippen LogP contribution in [0.15, 0.2) is 54.7 Å². The van der Waals surface area contributed by atoms with Crippen LogP contribution >= 0.6 is 0 Å². The SMILES string of the molecule is CC[C@H]1C[C@@H](c2ccc(-n3cc(-c4n[nH]c5ccccc45)nn3)cc2)CCN1CC(O)C(F)(F)F. The Bertz CT molecular complexity index is 1280. The average molecular weight is 485 g/mol. The zero-order valence-corrected chi connectivity index (χ0v) is 19.3. The third-order valence-electron chi connectivity index (χ3n) is 6.93. The predicted octanol–water partition coefficient (Wildman–Crippen LogP) is 4.69. The highest BCUT2D eigenvalue weighted by atomic mass is 19.4. The average Bonchev–Trinajstić information content (AvgIpc) is 3.51. The minimum absolute atomic E-state index is 0.00646. The first kappa shape index (κ1) is 23.5. The number of aliphatic hydroxyl groups is 1. The summed E-state index contributed by atoms with van der Waals surface area (Å²) in [6.45, 7) is 2.14. The number of hydrogen-bond donors (Lipinski definition) is 2. The van der Waals surface area contributed by atoms with Gasteiger partial charge in [0.05, 0.1) is 17.4 Å². The Labute approximate surface area is 200 Å². The van der Waals surface area contributed by atoms with Crippen molar-refractivity contribution in [2.75, 3.05) is 13.1 Å². The number of rotatable bonds is 6. The second kappa shape index (κ2) is 9.43. The Balaban J connectivity index is 1.28. The molecule has 0 radical (unpaired) electrons. The zero-order chi connectivity index (χ0) is 24.6. The Kier molecular flexibility index (Phi) is 6.33. The number of hydrogen-bond acceptors (Lipinski definition) is 5. The number of aliphatic hydroxyl groups excluding tert-OH is 1. The maximum Gasteiger partial charge on any atom is 0.415 e. The quantitative estimate of drug-likeness (QED) is 0.415. The number of aromatic amines is 1. The van der Waals surface area contributed by atoms with Gasteiger partial charge in [0.15, 0.2) is 6.10 Å². The van der Waals surface area contributed by atoms with E-state index in [0.29, 0.717) is 12.2 Å². The molecule has 4 aromatic rings. The number of halogens is 3. The fourth-order valence-electron chi connectivity index (χ4n) is 4.95. The van der Waals surface area contributed by atoms with Crippen molar-refractivity contribution < 1.29 is 18.3 Å². The van der Waals surface area contributed by atoms with Crippen molar-refractivity contribution in [1.82, 2.24) is 30.1 Å². The molecule has 5 rings (SSSR count). The van der Waals surface area contributed by atoms with Crippen molar-refractivity contribution in [2.45, 2.75) is 50.4 Å². The molecule has 10 heteroatoms. The Morgan fingerprint density at radius 3 is 2.66 bits per heavy atom. The van der Waals surface area contributed by atoms with Gasteiger partial charge in [0.1, 0.15) is 11.4 Å². The van der Waals surface area contributed by atoms with Gasteiger partial charge in [0, 0.05) is 18.0 Å². The summed E-state index contributed by atoms with van der Waals surface area (Å²) in [4.78, 5) is 1.78. The third kappa shape index (κ3) is 4.81. The van der Waals surface area contributed by atoms with Gasteiger partial charge in [-0.2, -0.15) is 18.3 Å². The largest absolute Gasteiger partial charge is 0.415 e. The highest BCUT2D eigenvalue weighted by Gasteiger charge is 2.41. The van der Waals surface area contributed by atoms with Crippen molar-refractivity contribution in [1.29, 1.82) is 0 Å². The van der Waals surface area contributed by atoms with Crippen LogP contribution in [0, 0.1) is 0 Å². The van der Waals surface area contributed by atoms with E-state index in [1.165, 1.54) is 0 Å². The Morgan fingerprint density at radius 2 is 1.91 bits per heavy atom. The van der Waals surface area contributed by atoms with Crippen LogP contribution < -0.4 is 0 Å². The van der Waals surface area contributed by atoms with Gasteiger partial charge in [0.25, 0.3) is 0 Å². The molecule has 1 saturated heterocycles. The molecular weight excluding hydrogens is 457 g/mol. The molecule has 184 valence electrons. The van der Waals surface area contributed by atoms with Gasteiger partial charge in [-0.3, -0.25) is 10.00 Å². The zero-order valence-electron chi connectivity index (χ0n) is 19.3. The first-order valence-corrected chi connectivity index (χ1v) is 11.8. The second-order valence-electron chi connectivity index (χ2n) is 9.09. The van der Waals surface area contributed by atoms with Gasteiger partial charge in [-0.1, -0.05) is 42.5 Å². The molecule has 2 aromatic carbocycles. The summed E-state index contributed by atoms with van der Waals surface area (Å²) in [6.07, 6.45) is -2.80. The Morgan fingerprint density at radius 1 is 1.14 bits per heavy atom. The van der Waals surface area contributed by atoms with Crippen molar-refractivity contribution >= 4 is 10.9 Å². The minimum atomic E-state index is -4.59. The molecule has 7 nitrogen and oxygen atoms in total. The molecule has 1 unspecified atom stereocenters. The van der Waals surface area contributed by atoms with E-state index in [0.717, 1.165) is 47.1 Å². The highest BCUT2D eigenvalue weighted by molar-refractivity contribution is 5.91. The highest BCUT2D eigenvalue weighted by Crippen LogP contribution is 2.34. The predicted molar refractivity (Wildman–Crippen MR) is 126 cm³/mol. The van der Waals surface area contributed by atoms with Crippen molar-refractivity contribution in [3.05, 3.63) is 60.3 Å². The number of likely N-dealkylation sites (tertiary alicyclic amines) is 1. The summed E-state index contributed by atoms with van der Waals surface area (Å²) >= 11 is 0. The maximum absolute atomic E-state index is 12.8. The smallest absolute Gasteiger partial charge is 0.382 e. The summed E-state index contributed by atoms with van der Waals surface area (Å²) in [7, 11) is 0. The first-order chi connectivity index (χ1) is 16.8. The number of aromatic nitrogens is 5. The fourth-order valence-corrected chi connectivity index (χ4v) is 4.95. The third-order valence-corrected chi connectivity index (χ3v) is 6.93. The number of para-hydroxylation sites is 1. The molecule has 2 N–H and O–H groups in total. The van der Waals surface area contributed by atoms with Crippen molar-refractivity contribution in [3.63, 3.8) is 0 Å². The second-order valence-corrected chi connectivity index (χ2v) is 9.09.